The van der Waals surface area contributed by atoms with Gasteiger partial charge in [-0.3, -0.25) is 14.7 Å². The highest BCUT2D eigenvalue weighted by Gasteiger charge is 2.38. The van der Waals surface area contributed by atoms with E-state index in [4.69, 9.17) is 4.99 Å². The molecule has 0 aromatic rings. The predicted molar refractivity (Wildman–Crippen MR) is 128 cm³/mol. The molecule has 0 bridgehead atoms. The van der Waals surface area contributed by atoms with Gasteiger partial charge in [0.05, 0.1) is 6.54 Å². The highest BCUT2D eigenvalue weighted by atomic mass is 127. The minimum absolute atomic E-state index is 0. The van der Waals surface area contributed by atoms with Crippen LogP contribution in [0.2, 0.25) is 0 Å². The van der Waals surface area contributed by atoms with E-state index in [1.54, 1.807) is 0 Å². The summed E-state index contributed by atoms with van der Waals surface area (Å²) in [5.74, 6) is 1.01. The summed E-state index contributed by atoms with van der Waals surface area (Å²) in [6, 6.07) is 0. The molecule has 1 aliphatic heterocycles. The van der Waals surface area contributed by atoms with Gasteiger partial charge in [0, 0.05) is 31.1 Å². The summed E-state index contributed by atoms with van der Waals surface area (Å²) >= 11 is 0. The van der Waals surface area contributed by atoms with Crippen LogP contribution in [0.1, 0.15) is 72.1 Å². The number of guanidine groups is 1. The number of nitrogens with one attached hydrogen (secondary N) is 3. The standard InChI is InChI=1S/C21H41N5O.HI/c1-4-22-20(24-14-13-23-19(27)18(2)3)25-17-21(11-7-5-8-12-21)26-15-9-6-10-16-26;/h18H,4-17H2,1-3H3,(H,23,27)(H2,22,24,25);1H. The van der Waals surface area contributed by atoms with Crippen LogP contribution >= 0.6 is 24.0 Å². The van der Waals surface area contributed by atoms with Crippen LogP contribution in [0, 0.1) is 5.92 Å². The van der Waals surface area contributed by atoms with Crippen LogP contribution in [0.4, 0.5) is 0 Å². The minimum atomic E-state index is 0. The molecule has 1 amide bonds. The van der Waals surface area contributed by atoms with Gasteiger partial charge < -0.3 is 16.0 Å². The lowest BCUT2D eigenvalue weighted by Crippen LogP contribution is -2.54. The summed E-state index contributed by atoms with van der Waals surface area (Å²) < 4.78 is 0. The van der Waals surface area contributed by atoms with Gasteiger partial charge in [0.1, 0.15) is 0 Å². The smallest absolute Gasteiger partial charge is 0.222 e. The Morgan fingerprint density at radius 2 is 1.57 bits per heavy atom. The van der Waals surface area contributed by atoms with Crippen molar-refractivity contribution < 1.29 is 4.79 Å². The van der Waals surface area contributed by atoms with Crippen molar-refractivity contribution in [3.8, 4) is 0 Å². The summed E-state index contributed by atoms with van der Waals surface area (Å²) in [6.45, 7) is 11.4. The average molecular weight is 508 g/mol. The second kappa shape index (κ2) is 13.6. The Morgan fingerprint density at radius 3 is 2.18 bits per heavy atom. The first-order valence-corrected chi connectivity index (χ1v) is 11.1. The third-order valence-electron chi connectivity index (χ3n) is 5.93. The molecule has 164 valence electrons. The summed E-state index contributed by atoms with van der Waals surface area (Å²) in [4.78, 5) is 19.4. The van der Waals surface area contributed by atoms with E-state index < -0.39 is 0 Å². The first kappa shape index (κ1) is 25.5. The molecule has 28 heavy (non-hydrogen) atoms. The van der Waals surface area contributed by atoms with E-state index in [1.165, 1.54) is 64.5 Å². The Hall–Kier alpha value is -0.570. The number of amides is 1. The number of nitrogens with zero attached hydrogens (tertiary/aromatic N) is 2. The van der Waals surface area contributed by atoms with Gasteiger partial charge in [-0.2, -0.15) is 0 Å². The van der Waals surface area contributed by atoms with Crippen molar-refractivity contribution in [2.75, 3.05) is 39.3 Å². The molecule has 0 aromatic carbocycles. The monoisotopic (exact) mass is 507 g/mol. The Labute approximate surface area is 189 Å². The van der Waals surface area contributed by atoms with Crippen LogP contribution in [0.25, 0.3) is 0 Å². The Morgan fingerprint density at radius 1 is 0.964 bits per heavy atom. The molecule has 1 heterocycles. The molecule has 0 aromatic heterocycles. The first-order chi connectivity index (χ1) is 13.1. The molecule has 0 radical (unpaired) electrons. The fourth-order valence-corrected chi connectivity index (χ4v) is 4.29. The third-order valence-corrected chi connectivity index (χ3v) is 5.93. The number of hydrogen-bond donors (Lipinski definition) is 3. The second-order valence-electron chi connectivity index (χ2n) is 8.40. The largest absolute Gasteiger partial charge is 0.357 e. The quantitative estimate of drug-likeness (QED) is 0.205. The first-order valence-electron chi connectivity index (χ1n) is 11.1. The minimum Gasteiger partial charge on any atom is -0.357 e. The van der Waals surface area contributed by atoms with Crippen molar-refractivity contribution in [2.45, 2.75) is 77.7 Å². The summed E-state index contributed by atoms with van der Waals surface area (Å²) in [5, 5.41) is 9.69. The molecule has 2 aliphatic rings. The number of halogens is 1. The molecule has 6 nitrogen and oxygen atoms in total. The zero-order chi connectivity index (χ0) is 19.5. The van der Waals surface area contributed by atoms with Crippen molar-refractivity contribution in [1.82, 2.24) is 20.9 Å². The molecule has 7 heteroatoms. The molecule has 3 N–H and O–H groups in total. The topological polar surface area (TPSA) is 68.8 Å². The predicted octanol–water partition coefficient (Wildman–Crippen LogP) is 3.12. The van der Waals surface area contributed by atoms with Crippen LogP contribution < -0.4 is 16.0 Å². The Balaban J connectivity index is 0.00000392. The zero-order valence-corrected chi connectivity index (χ0v) is 20.5. The maximum atomic E-state index is 11.7. The van der Waals surface area contributed by atoms with E-state index in [0.29, 0.717) is 13.1 Å². The van der Waals surface area contributed by atoms with E-state index in [0.717, 1.165) is 19.0 Å². The Bertz CT molecular complexity index is 471. The normalized spacial score (nSPS) is 20.4. The molecular formula is C21H42IN5O. The third kappa shape index (κ3) is 8.05. The number of carbonyl (C=O) groups excluding carboxylic acids is 1. The zero-order valence-electron chi connectivity index (χ0n) is 18.2. The van der Waals surface area contributed by atoms with Gasteiger partial charge in [0.25, 0.3) is 0 Å². The van der Waals surface area contributed by atoms with Crippen LogP contribution in [0.15, 0.2) is 4.99 Å². The lowest BCUT2D eigenvalue weighted by molar-refractivity contribution is -0.123. The fraction of sp³-hybridized carbons (Fsp3) is 0.905. The molecule has 0 unspecified atom stereocenters. The van der Waals surface area contributed by atoms with Crippen molar-refractivity contribution in [1.29, 1.82) is 0 Å². The van der Waals surface area contributed by atoms with Gasteiger partial charge in [0.2, 0.25) is 5.91 Å². The number of likely N-dealkylation sites (tertiary alicyclic amines) is 1. The summed E-state index contributed by atoms with van der Waals surface area (Å²) in [5.41, 5.74) is 0.257. The van der Waals surface area contributed by atoms with Gasteiger partial charge in [-0.15, -0.1) is 24.0 Å². The van der Waals surface area contributed by atoms with Crippen molar-refractivity contribution >= 4 is 35.8 Å². The number of aliphatic imine (C=N–C) groups is 1. The van der Waals surface area contributed by atoms with Crippen LogP contribution in [-0.4, -0.2) is 61.6 Å². The average Bonchev–Trinajstić information content (AvgIpc) is 2.70. The maximum absolute atomic E-state index is 11.7. The lowest BCUT2D eigenvalue weighted by atomic mass is 9.79. The van der Waals surface area contributed by atoms with E-state index in [1.807, 2.05) is 13.8 Å². The van der Waals surface area contributed by atoms with E-state index >= 15 is 0 Å². The van der Waals surface area contributed by atoms with Gasteiger partial charge in [0.15, 0.2) is 5.96 Å². The van der Waals surface area contributed by atoms with Crippen molar-refractivity contribution in [3.63, 3.8) is 0 Å². The van der Waals surface area contributed by atoms with E-state index in [9.17, 15) is 4.79 Å². The molecule has 1 saturated carbocycles. The molecule has 0 spiro atoms. The highest BCUT2D eigenvalue weighted by Crippen LogP contribution is 2.35. The van der Waals surface area contributed by atoms with Crippen LogP contribution in [0.3, 0.4) is 0 Å². The maximum Gasteiger partial charge on any atom is 0.222 e. The molecular weight excluding hydrogens is 465 g/mol. The molecule has 2 rings (SSSR count). The molecule has 1 saturated heterocycles. The van der Waals surface area contributed by atoms with Crippen molar-refractivity contribution in [2.24, 2.45) is 10.9 Å². The van der Waals surface area contributed by atoms with Crippen LogP contribution in [0.5, 0.6) is 0 Å². The fourth-order valence-electron chi connectivity index (χ4n) is 4.29. The summed E-state index contributed by atoms with van der Waals surface area (Å²) in [6.07, 6.45) is 10.6. The van der Waals surface area contributed by atoms with Crippen molar-refractivity contribution in [3.05, 3.63) is 0 Å². The molecule has 0 atom stereocenters. The number of rotatable bonds is 8. The van der Waals surface area contributed by atoms with E-state index in [-0.39, 0.29) is 41.3 Å². The highest BCUT2D eigenvalue weighted by molar-refractivity contribution is 14.0. The van der Waals surface area contributed by atoms with Crippen LogP contribution in [-0.2, 0) is 4.79 Å². The van der Waals surface area contributed by atoms with Gasteiger partial charge in [-0.05, 0) is 45.7 Å². The number of carbonyl (C=O) groups is 1. The molecule has 1 aliphatic carbocycles. The SMILES string of the molecule is CCNC(=NCC1(N2CCCCC2)CCCCC1)NCCNC(=O)C(C)C.I. The second-order valence-corrected chi connectivity index (χ2v) is 8.40. The number of hydrogen-bond acceptors (Lipinski definition) is 3. The van der Waals surface area contributed by atoms with Gasteiger partial charge in [-0.1, -0.05) is 39.5 Å². The number of piperidine rings is 1. The van der Waals surface area contributed by atoms with Gasteiger partial charge >= 0.3 is 0 Å². The summed E-state index contributed by atoms with van der Waals surface area (Å²) in [7, 11) is 0. The Kier molecular flexibility index (Phi) is 12.4. The van der Waals surface area contributed by atoms with E-state index in [2.05, 4.69) is 27.8 Å². The van der Waals surface area contributed by atoms with Gasteiger partial charge in [-0.25, -0.2) is 0 Å². The molecule has 2 fully saturated rings. The lowest BCUT2D eigenvalue weighted by Gasteiger charge is -2.47.